The third-order valence-corrected chi connectivity index (χ3v) is 4.15. The standard InChI is InChI=1S/C17H27N5O/c1-3-15-4-6-16(7-5-15)20-17(18)19-8-9-21-10-12-22(13-11-21)14(2)23/h4-7H,3,8-13H2,1-2H3,(H3,18,19,20). The van der Waals surface area contributed by atoms with Crippen molar-refractivity contribution >= 4 is 17.6 Å². The third-order valence-electron chi connectivity index (χ3n) is 4.15. The molecule has 0 bridgehead atoms. The van der Waals surface area contributed by atoms with Crippen LogP contribution in [-0.4, -0.2) is 60.9 Å². The summed E-state index contributed by atoms with van der Waals surface area (Å²) in [7, 11) is 0. The van der Waals surface area contributed by atoms with Crippen molar-refractivity contribution in [1.82, 2.24) is 9.80 Å². The van der Waals surface area contributed by atoms with Gasteiger partial charge in [-0.3, -0.25) is 14.7 Å². The summed E-state index contributed by atoms with van der Waals surface area (Å²) in [6.07, 6.45) is 1.03. The van der Waals surface area contributed by atoms with Gasteiger partial charge in [-0.05, 0) is 24.1 Å². The minimum absolute atomic E-state index is 0.158. The second-order valence-corrected chi connectivity index (χ2v) is 5.79. The first-order chi connectivity index (χ1) is 11.1. The van der Waals surface area contributed by atoms with Crippen molar-refractivity contribution in [2.24, 2.45) is 10.7 Å². The quantitative estimate of drug-likeness (QED) is 0.631. The van der Waals surface area contributed by atoms with Gasteiger partial charge >= 0.3 is 0 Å². The molecule has 1 fully saturated rings. The molecular weight excluding hydrogens is 290 g/mol. The SMILES string of the molecule is CCc1ccc(NC(N)=NCCN2CCN(C(C)=O)CC2)cc1. The van der Waals surface area contributed by atoms with Crippen molar-refractivity contribution < 1.29 is 4.79 Å². The van der Waals surface area contributed by atoms with E-state index in [1.807, 2.05) is 17.0 Å². The summed E-state index contributed by atoms with van der Waals surface area (Å²) in [4.78, 5) is 19.9. The van der Waals surface area contributed by atoms with Crippen LogP contribution in [0.1, 0.15) is 19.4 Å². The molecule has 1 saturated heterocycles. The van der Waals surface area contributed by atoms with Crippen molar-refractivity contribution in [3.8, 4) is 0 Å². The van der Waals surface area contributed by atoms with Crippen molar-refractivity contribution in [2.45, 2.75) is 20.3 Å². The van der Waals surface area contributed by atoms with Gasteiger partial charge in [-0.2, -0.15) is 0 Å². The van der Waals surface area contributed by atoms with Crippen LogP contribution in [0.4, 0.5) is 5.69 Å². The second-order valence-electron chi connectivity index (χ2n) is 5.79. The van der Waals surface area contributed by atoms with E-state index in [0.717, 1.165) is 44.8 Å². The molecule has 1 aliphatic rings. The summed E-state index contributed by atoms with van der Waals surface area (Å²) < 4.78 is 0. The Bertz CT molecular complexity index is 532. The molecule has 1 aliphatic heterocycles. The van der Waals surface area contributed by atoms with Crippen LogP contribution < -0.4 is 11.1 Å². The highest BCUT2D eigenvalue weighted by Crippen LogP contribution is 2.09. The van der Waals surface area contributed by atoms with Gasteiger partial charge < -0.3 is 16.0 Å². The number of carbonyl (C=O) groups is 1. The van der Waals surface area contributed by atoms with E-state index in [2.05, 4.69) is 34.3 Å². The fraction of sp³-hybridized carbons (Fsp3) is 0.529. The number of hydrogen-bond donors (Lipinski definition) is 2. The molecule has 0 radical (unpaired) electrons. The molecule has 0 unspecified atom stereocenters. The number of amides is 1. The van der Waals surface area contributed by atoms with Crippen LogP contribution in [0.5, 0.6) is 0 Å². The Labute approximate surface area is 138 Å². The molecule has 0 saturated carbocycles. The molecule has 2 rings (SSSR count). The van der Waals surface area contributed by atoms with E-state index in [0.29, 0.717) is 12.5 Å². The van der Waals surface area contributed by atoms with Gasteiger partial charge in [0.25, 0.3) is 0 Å². The Morgan fingerprint density at radius 3 is 2.43 bits per heavy atom. The van der Waals surface area contributed by atoms with E-state index in [1.165, 1.54) is 5.56 Å². The Hall–Kier alpha value is -2.08. The maximum absolute atomic E-state index is 11.3. The van der Waals surface area contributed by atoms with Crippen LogP contribution in [0.2, 0.25) is 0 Å². The van der Waals surface area contributed by atoms with Crippen molar-refractivity contribution in [2.75, 3.05) is 44.6 Å². The predicted octanol–water partition coefficient (Wildman–Crippen LogP) is 1.14. The largest absolute Gasteiger partial charge is 0.370 e. The van der Waals surface area contributed by atoms with Crippen LogP contribution >= 0.6 is 0 Å². The summed E-state index contributed by atoms with van der Waals surface area (Å²) in [6, 6.07) is 8.21. The number of nitrogens with zero attached hydrogens (tertiary/aromatic N) is 3. The van der Waals surface area contributed by atoms with Crippen molar-refractivity contribution in [1.29, 1.82) is 0 Å². The Balaban J connectivity index is 1.71. The van der Waals surface area contributed by atoms with Crippen LogP contribution in [0.15, 0.2) is 29.3 Å². The highest BCUT2D eigenvalue weighted by atomic mass is 16.2. The first kappa shape index (κ1) is 17.3. The first-order valence-corrected chi connectivity index (χ1v) is 8.22. The van der Waals surface area contributed by atoms with Crippen LogP contribution in [-0.2, 0) is 11.2 Å². The maximum Gasteiger partial charge on any atom is 0.219 e. The van der Waals surface area contributed by atoms with Gasteiger partial charge in [-0.25, -0.2) is 0 Å². The van der Waals surface area contributed by atoms with Gasteiger partial charge in [0.15, 0.2) is 5.96 Å². The summed E-state index contributed by atoms with van der Waals surface area (Å²) in [5.41, 5.74) is 8.18. The minimum atomic E-state index is 0.158. The number of piperazine rings is 1. The van der Waals surface area contributed by atoms with E-state index in [9.17, 15) is 4.79 Å². The zero-order valence-electron chi connectivity index (χ0n) is 14.1. The van der Waals surface area contributed by atoms with E-state index in [1.54, 1.807) is 6.92 Å². The van der Waals surface area contributed by atoms with E-state index in [-0.39, 0.29) is 5.91 Å². The van der Waals surface area contributed by atoms with Gasteiger partial charge in [0, 0.05) is 45.3 Å². The number of benzene rings is 1. The number of anilines is 1. The molecule has 0 aliphatic carbocycles. The summed E-state index contributed by atoms with van der Waals surface area (Å²) in [5.74, 6) is 0.599. The average Bonchev–Trinajstić information content (AvgIpc) is 2.56. The molecule has 1 heterocycles. The highest BCUT2D eigenvalue weighted by Gasteiger charge is 2.17. The summed E-state index contributed by atoms with van der Waals surface area (Å²) in [6.45, 7) is 8.69. The lowest BCUT2D eigenvalue weighted by atomic mass is 10.1. The summed E-state index contributed by atoms with van der Waals surface area (Å²) in [5, 5.41) is 3.11. The molecule has 6 heteroatoms. The predicted molar refractivity (Wildman–Crippen MR) is 94.6 cm³/mol. The molecule has 1 aromatic rings. The lowest BCUT2D eigenvalue weighted by Gasteiger charge is -2.33. The number of nitrogens with one attached hydrogen (secondary N) is 1. The number of nitrogens with two attached hydrogens (primary N) is 1. The first-order valence-electron chi connectivity index (χ1n) is 8.22. The molecule has 1 aromatic carbocycles. The van der Waals surface area contributed by atoms with Crippen molar-refractivity contribution in [3.05, 3.63) is 29.8 Å². The van der Waals surface area contributed by atoms with E-state index in [4.69, 9.17) is 5.73 Å². The van der Waals surface area contributed by atoms with Gasteiger partial charge in [0.2, 0.25) is 5.91 Å². The normalized spacial score (nSPS) is 16.4. The molecule has 0 spiro atoms. The number of carbonyl (C=O) groups excluding carboxylic acids is 1. The van der Waals surface area contributed by atoms with Crippen molar-refractivity contribution in [3.63, 3.8) is 0 Å². The fourth-order valence-corrected chi connectivity index (χ4v) is 2.61. The molecule has 0 aromatic heterocycles. The highest BCUT2D eigenvalue weighted by molar-refractivity contribution is 5.92. The van der Waals surface area contributed by atoms with E-state index < -0.39 is 0 Å². The molecule has 1 amide bonds. The number of rotatable bonds is 5. The fourth-order valence-electron chi connectivity index (χ4n) is 2.61. The Morgan fingerprint density at radius 1 is 1.22 bits per heavy atom. The van der Waals surface area contributed by atoms with Gasteiger partial charge in [0.1, 0.15) is 0 Å². The topological polar surface area (TPSA) is 74.0 Å². The third kappa shape index (κ3) is 5.56. The molecular formula is C17H27N5O. The molecule has 3 N–H and O–H groups in total. The zero-order valence-corrected chi connectivity index (χ0v) is 14.1. The van der Waals surface area contributed by atoms with Gasteiger partial charge in [0.05, 0.1) is 6.54 Å². The van der Waals surface area contributed by atoms with Crippen LogP contribution in [0.3, 0.4) is 0 Å². The zero-order chi connectivity index (χ0) is 16.7. The second kappa shape index (κ2) is 8.53. The van der Waals surface area contributed by atoms with Crippen LogP contribution in [0, 0.1) is 0 Å². The molecule has 6 nitrogen and oxygen atoms in total. The molecule has 126 valence electrons. The van der Waals surface area contributed by atoms with Gasteiger partial charge in [-0.1, -0.05) is 19.1 Å². The molecule has 23 heavy (non-hydrogen) atoms. The summed E-state index contributed by atoms with van der Waals surface area (Å²) >= 11 is 0. The average molecular weight is 317 g/mol. The van der Waals surface area contributed by atoms with E-state index >= 15 is 0 Å². The van der Waals surface area contributed by atoms with Crippen LogP contribution in [0.25, 0.3) is 0 Å². The lowest BCUT2D eigenvalue weighted by Crippen LogP contribution is -2.48. The number of aliphatic imine (C=N–C) groups is 1. The lowest BCUT2D eigenvalue weighted by molar-refractivity contribution is -0.130. The minimum Gasteiger partial charge on any atom is -0.370 e. The van der Waals surface area contributed by atoms with Gasteiger partial charge in [-0.15, -0.1) is 0 Å². The molecule has 0 atom stereocenters. The number of guanidine groups is 1. The maximum atomic E-state index is 11.3. The Kier molecular flexibility index (Phi) is 6.40. The Morgan fingerprint density at radius 2 is 1.87 bits per heavy atom. The number of aryl methyl sites for hydroxylation is 1. The smallest absolute Gasteiger partial charge is 0.219 e. The monoisotopic (exact) mass is 317 g/mol. The number of hydrogen-bond acceptors (Lipinski definition) is 3.